The molecule has 8 heavy (non-hydrogen) atoms. The van der Waals surface area contributed by atoms with Crippen LogP contribution in [-0.4, -0.2) is 9.97 Å². The fraction of sp³-hybridized carbons (Fsp3) is 0.250. The zero-order valence-corrected chi connectivity index (χ0v) is 4.19. The molecule has 0 unspecified atom stereocenters. The summed E-state index contributed by atoms with van der Waals surface area (Å²) in [7, 11) is 0. The third kappa shape index (κ3) is 0.776. The minimum atomic E-state index is -0.538. The van der Waals surface area contributed by atoms with Gasteiger partial charge in [0.2, 0.25) is 0 Å². The summed E-state index contributed by atoms with van der Waals surface area (Å²) in [4.78, 5) is 6.09. The maximum Gasteiger partial charge on any atom is 0.197 e. The molecule has 1 heterocycles. The molecule has 0 amide bonds. The van der Waals surface area contributed by atoms with E-state index in [1.165, 1.54) is 6.20 Å². The Bertz CT molecular complexity index is 172. The van der Waals surface area contributed by atoms with Crippen LogP contribution < -0.4 is 5.73 Å². The molecule has 1 aromatic heterocycles. The van der Waals surface area contributed by atoms with E-state index >= 15 is 0 Å². The number of aromatic nitrogens is 2. The van der Waals surface area contributed by atoms with Crippen molar-refractivity contribution in [3.63, 3.8) is 0 Å². The summed E-state index contributed by atoms with van der Waals surface area (Å²) in [6, 6.07) is 0. The molecule has 4 heteroatoms. The molecule has 0 atom stereocenters. The van der Waals surface area contributed by atoms with Gasteiger partial charge in [-0.25, -0.2) is 9.37 Å². The standard InChI is InChI=1S/C4H6FN3/c5-1-3-2-7-4(6)8-3/h2H,1H2,(H3,6,7,8). The van der Waals surface area contributed by atoms with E-state index in [2.05, 4.69) is 9.97 Å². The number of alkyl halides is 1. The fourth-order valence-electron chi connectivity index (χ4n) is 0.444. The first-order valence-electron chi connectivity index (χ1n) is 2.18. The number of nitrogens with zero attached hydrogens (tertiary/aromatic N) is 1. The van der Waals surface area contributed by atoms with E-state index < -0.39 is 6.67 Å². The average molecular weight is 115 g/mol. The SMILES string of the molecule is Nc1ncc(CF)[nH]1. The van der Waals surface area contributed by atoms with Crippen LogP contribution in [-0.2, 0) is 6.67 Å². The minimum Gasteiger partial charge on any atom is -0.369 e. The van der Waals surface area contributed by atoms with Crippen molar-refractivity contribution in [3.05, 3.63) is 11.9 Å². The Morgan fingerprint density at radius 2 is 2.62 bits per heavy atom. The number of rotatable bonds is 1. The summed E-state index contributed by atoms with van der Waals surface area (Å²) in [5.74, 6) is 0.262. The second kappa shape index (κ2) is 1.81. The van der Waals surface area contributed by atoms with E-state index in [1.807, 2.05) is 0 Å². The Kier molecular flexibility index (Phi) is 1.15. The Morgan fingerprint density at radius 3 is 2.88 bits per heavy atom. The summed E-state index contributed by atoms with van der Waals surface area (Å²) in [5, 5.41) is 0. The third-order valence-electron chi connectivity index (χ3n) is 0.792. The van der Waals surface area contributed by atoms with Gasteiger partial charge < -0.3 is 10.7 Å². The first kappa shape index (κ1) is 5.08. The lowest BCUT2D eigenvalue weighted by molar-refractivity contribution is 0.477. The first-order valence-corrected chi connectivity index (χ1v) is 2.18. The van der Waals surface area contributed by atoms with Crippen molar-refractivity contribution in [2.24, 2.45) is 0 Å². The van der Waals surface area contributed by atoms with Crippen molar-refractivity contribution >= 4 is 5.95 Å². The minimum absolute atomic E-state index is 0.262. The maximum absolute atomic E-state index is 11.6. The number of anilines is 1. The predicted molar refractivity (Wildman–Crippen MR) is 27.8 cm³/mol. The number of H-pyrrole nitrogens is 1. The summed E-state index contributed by atoms with van der Waals surface area (Å²) < 4.78 is 11.6. The Labute approximate surface area is 45.7 Å². The summed E-state index contributed by atoms with van der Waals surface area (Å²) in [6.45, 7) is -0.538. The fourth-order valence-corrected chi connectivity index (χ4v) is 0.444. The van der Waals surface area contributed by atoms with Gasteiger partial charge in [-0.15, -0.1) is 0 Å². The van der Waals surface area contributed by atoms with Gasteiger partial charge in [0.1, 0.15) is 6.67 Å². The number of imidazole rings is 1. The van der Waals surface area contributed by atoms with Gasteiger partial charge in [-0.1, -0.05) is 0 Å². The molecule has 0 radical (unpaired) electrons. The van der Waals surface area contributed by atoms with E-state index in [-0.39, 0.29) is 5.95 Å². The molecule has 44 valence electrons. The molecular formula is C4H6FN3. The number of nitrogens with one attached hydrogen (secondary N) is 1. The smallest absolute Gasteiger partial charge is 0.197 e. The van der Waals surface area contributed by atoms with Crippen LogP contribution in [0, 0.1) is 0 Å². The van der Waals surface area contributed by atoms with E-state index in [0.717, 1.165) is 0 Å². The van der Waals surface area contributed by atoms with E-state index in [9.17, 15) is 4.39 Å². The van der Waals surface area contributed by atoms with Gasteiger partial charge in [-0.05, 0) is 0 Å². The lowest BCUT2D eigenvalue weighted by atomic mass is 10.5. The monoisotopic (exact) mass is 115 g/mol. The number of nitrogen functional groups attached to an aromatic ring is 1. The molecule has 0 aliphatic rings. The molecule has 3 N–H and O–H groups in total. The molecule has 1 aromatic rings. The topological polar surface area (TPSA) is 54.7 Å². The molecule has 0 bridgehead atoms. The van der Waals surface area contributed by atoms with Crippen LogP contribution in [0.5, 0.6) is 0 Å². The van der Waals surface area contributed by atoms with Gasteiger partial charge in [-0.2, -0.15) is 0 Å². The zero-order valence-electron chi connectivity index (χ0n) is 4.19. The van der Waals surface area contributed by atoms with Crippen molar-refractivity contribution in [2.45, 2.75) is 6.67 Å². The highest BCUT2D eigenvalue weighted by Crippen LogP contribution is 1.97. The largest absolute Gasteiger partial charge is 0.369 e. The van der Waals surface area contributed by atoms with Gasteiger partial charge in [0.05, 0.1) is 11.9 Å². The van der Waals surface area contributed by atoms with E-state index in [1.54, 1.807) is 0 Å². The molecule has 1 rings (SSSR count). The maximum atomic E-state index is 11.6. The Hall–Kier alpha value is -1.06. The van der Waals surface area contributed by atoms with E-state index in [0.29, 0.717) is 5.69 Å². The number of hydrogen-bond acceptors (Lipinski definition) is 2. The number of nitrogens with two attached hydrogens (primary N) is 1. The Morgan fingerprint density at radius 1 is 1.88 bits per heavy atom. The average Bonchev–Trinajstić information content (AvgIpc) is 2.14. The first-order chi connectivity index (χ1) is 3.83. The molecule has 0 spiro atoms. The second-order valence-corrected chi connectivity index (χ2v) is 1.43. The summed E-state index contributed by atoms with van der Waals surface area (Å²) in [5.41, 5.74) is 5.54. The van der Waals surface area contributed by atoms with Crippen LogP contribution in [0.15, 0.2) is 6.20 Å². The van der Waals surface area contributed by atoms with Crippen LogP contribution in [0.4, 0.5) is 10.3 Å². The normalized spacial score (nSPS) is 9.62. The summed E-state index contributed by atoms with van der Waals surface area (Å²) in [6.07, 6.45) is 1.37. The van der Waals surface area contributed by atoms with Crippen LogP contribution >= 0.6 is 0 Å². The van der Waals surface area contributed by atoms with Crippen LogP contribution in [0.3, 0.4) is 0 Å². The van der Waals surface area contributed by atoms with Crippen LogP contribution in [0.1, 0.15) is 5.69 Å². The quantitative estimate of drug-likeness (QED) is 0.558. The van der Waals surface area contributed by atoms with Crippen molar-refractivity contribution in [1.29, 1.82) is 0 Å². The van der Waals surface area contributed by atoms with Crippen LogP contribution in [0.2, 0.25) is 0 Å². The number of hydrogen-bond donors (Lipinski definition) is 2. The highest BCUT2D eigenvalue weighted by Gasteiger charge is 1.92. The number of halogens is 1. The second-order valence-electron chi connectivity index (χ2n) is 1.43. The lowest BCUT2D eigenvalue weighted by Gasteiger charge is -1.79. The predicted octanol–water partition coefficient (Wildman–Crippen LogP) is 0.461. The van der Waals surface area contributed by atoms with Gasteiger partial charge in [0.15, 0.2) is 5.95 Å². The molecule has 3 nitrogen and oxygen atoms in total. The van der Waals surface area contributed by atoms with Gasteiger partial charge in [0.25, 0.3) is 0 Å². The van der Waals surface area contributed by atoms with Crippen LogP contribution in [0.25, 0.3) is 0 Å². The van der Waals surface area contributed by atoms with Gasteiger partial charge in [-0.3, -0.25) is 0 Å². The number of aromatic amines is 1. The lowest BCUT2D eigenvalue weighted by Crippen LogP contribution is -1.85. The highest BCUT2D eigenvalue weighted by molar-refractivity contribution is 5.17. The molecular weight excluding hydrogens is 109 g/mol. The highest BCUT2D eigenvalue weighted by atomic mass is 19.1. The molecule has 0 aromatic carbocycles. The van der Waals surface area contributed by atoms with Gasteiger partial charge in [0, 0.05) is 0 Å². The van der Waals surface area contributed by atoms with Crippen molar-refractivity contribution in [3.8, 4) is 0 Å². The van der Waals surface area contributed by atoms with Crippen molar-refractivity contribution in [2.75, 3.05) is 5.73 Å². The molecule has 0 aliphatic carbocycles. The summed E-state index contributed by atoms with van der Waals surface area (Å²) >= 11 is 0. The third-order valence-corrected chi connectivity index (χ3v) is 0.792. The molecule has 0 saturated carbocycles. The van der Waals surface area contributed by atoms with Gasteiger partial charge >= 0.3 is 0 Å². The Balaban J connectivity index is 2.84. The molecule has 0 aliphatic heterocycles. The van der Waals surface area contributed by atoms with Crippen molar-refractivity contribution < 1.29 is 4.39 Å². The van der Waals surface area contributed by atoms with Crippen molar-refractivity contribution in [1.82, 2.24) is 9.97 Å². The molecule has 0 saturated heterocycles. The zero-order chi connectivity index (χ0) is 5.98. The van der Waals surface area contributed by atoms with E-state index in [4.69, 9.17) is 5.73 Å². The molecule has 0 fully saturated rings.